The Bertz CT molecular complexity index is 924. The van der Waals surface area contributed by atoms with Crippen LogP contribution in [-0.2, 0) is 0 Å². The monoisotopic (exact) mass is 516 g/mol. The van der Waals surface area contributed by atoms with Gasteiger partial charge in [0.05, 0.1) is 0 Å². The van der Waals surface area contributed by atoms with E-state index < -0.39 is 16.9 Å². The van der Waals surface area contributed by atoms with E-state index in [1.165, 1.54) is 38.5 Å². The van der Waals surface area contributed by atoms with Crippen LogP contribution in [0.4, 0.5) is 0 Å². The molecule has 0 saturated heterocycles. The number of hydrogen-bond acceptors (Lipinski definition) is 1. The van der Waals surface area contributed by atoms with Crippen molar-refractivity contribution in [3.05, 3.63) is 72.9 Å². The summed E-state index contributed by atoms with van der Waals surface area (Å²) in [5, 5.41) is 3.23. The summed E-state index contributed by atoms with van der Waals surface area (Å²) in [6, 6.07) is 23.2. The molecule has 1 heterocycles. The van der Waals surface area contributed by atoms with E-state index in [1.54, 1.807) is 10.4 Å². The molecular weight excluding hydrogens is 479 g/mol. The molecule has 4 bridgehead atoms. The van der Waals surface area contributed by atoms with E-state index >= 15 is 0 Å². The zero-order valence-electron chi connectivity index (χ0n) is 19.9. The molecule has 1 atom stereocenters. The minimum absolute atomic E-state index is 0.278. The zero-order valence-corrected chi connectivity index (χ0v) is 23.9. The molecule has 5 aliphatic rings. The second-order valence-electron chi connectivity index (χ2n) is 12.1. The summed E-state index contributed by atoms with van der Waals surface area (Å²) in [4.78, 5) is 0. The van der Waals surface area contributed by atoms with Crippen molar-refractivity contribution in [1.82, 2.24) is 3.86 Å². The Labute approximate surface area is 204 Å². The predicted molar refractivity (Wildman–Crippen MR) is 142 cm³/mol. The molecule has 0 amide bonds. The average molecular weight is 515 g/mol. The Morgan fingerprint density at radius 1 is 0.781 bits per heavy atom. The Hall–Kier alpha value is -1.04. The van der Waals surface area contributed by atoms with E-state index in [0.717, 1.165) is 17.8 Å². The summed E-state index contributed by atoms with van der Waals surface area (Å²) in [7, 11) is -2.39. The van der Waals surface area contributed by atoms with E-state index in [-0.39, 0.29) is 15.7 Å². The normalized spacial score (nSPS) is 35.8. The fourth-order valence-electron chi connectivity index (χ4n) is 7.85. The first-order valence-corrected chi connectivity index (χ1v) is 19.6. The van der Waals surface area contributed by atoms with Crippen molar-refractivity contribution in [1.29, 1.82) is 0 Å². The summed E-state index contributed by atoms with van der Waals surface area (Å²) in [6.07, 6.45) is 14.6. The number of rotatable bonds is 5. The first kappa shape index (κ1) is 21.5. The van der Waals surface area contributed by atoms with E-state index in [9.17, 15) is 0 Å². The van der Waals surface area contributed by atoms with E-state index in [1.807, 2.05) is 0 Å². The van der Waals surface area contributed by atoms with Crippen molar-refractivity contribution in [3.63, 3.8) is 0 Å². The first-order chi connectivity index (χ1) is 15.4. The maximum atomic E-state index is 3.05. The summed E-state index contributed by atoms with van der Waals surface area (Å²) >= 11 is -0.278. The van der Waals surface area contributed by atoms with Gasteiger partial charge in [-0.2, -0.15) is 0 Å². The molecule has 0 N–H and O–H groups in total. The van der Waals surface area contributed by atoms with Crippen molar-refractivity contribution in [3.8, 4) is 0 Å². The summed E-state index contributed by atoms with van der Waals surface area (Å²) in [5.74, 6) is 3.07. The van der Waals surface area contributed by atoms with Gasteiger partial charge in [-0.15, -0.1) is 0 Å². The molecule has 32 heavy (non-hydrogen) atoms. The van der Waals surface area contributed by atoms with Crippen molar-refractivity contribution >= 4 is 42.9 Å². The molecule has 165 valence electrons. The molecule has 4 heteroatoms. The van der Waals surface area contributed by atoms with Crippen LogP contribution >= 0.6 is 0 Å². The van der Waals surface area contributed by atoms with Crippen LogP contribution in [-0.4, -0.2) is 41.9 Å². The number of benzene rings is 2. The Morgan fingerprint density at radius 2 is 1.25 bits per heavy atom. The van der Waals surface area contributed by atoms with Gasteiger partial charge in [0.15, 0.2) is 0 Å². The molecule has 1 unspecified atom stereocenters. The van der Waals surface area contributed by atoms with Gasteiger partial charge in [-0.3, -0.25) is 0 Å². The molecule has 4 saturated carbocycles. The first-order valence-electron chi connectivity index (χ1n) is 12.6. The van der Waals surface area contributed by atoms with Gasteiger partial charge in [-0.25, -0.2) is 0 Å². The van der Waals surface area contributed by atoms with Crippen LogP contribution < -0.4 is 10.4 Å². The SMILES string of the molecule is C[Si](C)(C)[C]1([Si](c2ccccc2)c2ccccc2)C=C[N](C23CC4CC(CC(C4)C2)C3)[Ge]1. The standard InChI is InChI=1S/C28H36GeNSi2/c1-32(2,3)28(31(25-10-6-4-7-11-25)26-12-8-5-9-13-26)14-15-30(29-28)27-19-22-16-23(20-27)18-24(17-22)21-27/h4-15,22-24H,16-21H2,1-3H3. The van der Waals surface area contributed by atoms with Crippen molar-refractivity contribution in [2.45, 2.75) is 67.2 Å². The summed E-state index contributed by atoms with van der Waals surface area (Å²) in [6.45, 7) is 8.00. The summed E-state index contributed by atoms with van der Waals surface area (Å²) < 4.78 is 3.48. The van der Waals surface area contributed by atoms with E-state index in [0.29, 0.717) is 9.03 Å². The molecule has 1 nitrogen and oxygen atoms in total. The third-order valence-corrected chi connectivity index (χ3v) is 27.7. The third-order valence-electron chi connectivity index (χ3n) is 8.99. The van der Waals surface area contributed by atoms with Crippen LogP contribution in [0.1, 0.15) is 38.5 Å². The molecule has 3 radical (unpaired) electrons. The zero-order chi connectivity index (χ0) is 22.0. The Balaban J connectivity index is 1.43. The average Bonchev–Trinajstić information content (AvgIpc) is 3.22. The summed E-state index contributed by atoms with van der Waals surface area (Å²) in [5.41, 5.74) is 0.521. The molecule has 7 rings (SSSR count). The molecule has 2 aromatic carbocycles. The van der Waals surface area contributed by atoms with Gasteiger partial charge in [-0.1, -0.05) is 0 Å². The Morgan fingerprint density at radius 3 is 1.69 bits per heavy atom. The van der Waals surface area contributed by atoms with Crippen LogP contribution in [0.25, 0.3) is 0 Å². The predicted octanol–water partition coefficient (Wildman–Crippen LogP) is 5.29. The fourth-order valence-corrected chi connectivity index (χ4v) is 23.7. The molecule has 2 aromatic rings. The van der Waals surface area contributed by atoms with Gasteiger partial charge >= 0.3 is 205 Å². The van der Waals surface area contributed by atoms with Crippen LogP contribution in [0.15, 0.2) is 72.9 Å². The van der Waals surface area contributed by atoms with Crippen LogP contribution in [0.2, 0.25) is 23.1 Å². The van der Waals surface area contributed by atoms with Gasteiger partial charge in [0.2, 0.25) is 0 Å². The van der Waals surface area contributed by atoms with Crippen LogP contribution in [0.3, 0.4) is 0 Å². The molecule has 1 aliphatic heterocycles. The third kappa shape index (κ3) is 3.37. The molecule has 4 fully saturated rings. The van der Waals surface area contributed by atoms with Crippen molar-refractivity contribution in [2.75, 3.05) is 0 Å². The number of allylic oxidation sites excluding steroid dienone is 1. The fraction of sp³-hybridized carbons (Fsp3) is 0.500. The molecular formula is C28H36GeNSi2. The minimum atomic E-state index is -1.49. The second kappa shape index (κ2) is 7.74. The number of nitrogens with zero attached hydrogens (tertiary/aromatic N) is 1. The molecule has 4 aliphatic carbocycles. The van der Waals surface area contributed by atoms with Crippen LogP contribution in [0.5, 0.6) is 0 Å². The van der Waals surface area contributed by atoms with Gasteiger partial charge in [0.25, 0.3) is 0 Å². The topological polar surface area (TPSA) is 3.24 Å². The van der Waals surface area contributed by atoms with Gasteiger partial charge in [0, 0.05) is 0 Å². The maximum absolute atomic E-state index is 3.05. The van der Waals surface area contributed by atoms with E-state index in [4.69, 9.17) is 0 Å². The van der Waals surface area contributed by atoms with Gasteiger partial charge in [0.1, 0.15) is 0 Å². The second-order valence-corrected chi connectivity index (χ2v) is 25.8. The number of hydrogen-bond donors (Lipinski definition) is 0. The van der Waals surface area contributed by atoms with Gasteiger partial charge in [-0.05, 0) is 0 Å². The van der Waals surface area contributed by atoms with Gasteiger partial charge < -0.3 is 0 Å². The quantitative estimate of drug-likeness (QED) is 0.490. The Kier molecular flexibility index (Phi) is 5.20. The van der Waals surface area contributed by atoms with Crippen molar-refractivity contribution < 1.29 is 0 Å². The van der Waals surface area contributed by atoms with Crippen molar-refractivity contribution in [2.24, 2.45) is 17.8 Å². The molecule has 0 spiro atoms. The van der Waals surface area contributed by atoms with E-state index in [2.05, 4.69) is 96.4 Å². The van der Waals surface area contributed by atoms with Crippen LogP contribution in [0, 0.1) is 17.8 Å². The molecule has 0 aromatic heterocycles.